The Bertz CT molecular complexity index is 790. The number of nitrogens with zero attached hydrogens (tertiary/aromatic N) is 1. The summed E-state index contributed by atoms with van der Waals surface area (Å²) in [6.07, 6.45) is 3.11. The summed E-state index contributed by atoms with van der Waals surface area (Å²) in [5.41, 5.74) is -1.18. The number of aromatic nitrogens is 2. The molecular weight excluding hydrogens is 275 g/mol. The molecule has 2 aromatic rings. The van der Waals surface area contributed by atoms with Crippen molar-refractivity contribution in [3.8, 4) is 17.0 Å². The Hall–Kier alpha value is -2.37. The van der Waals surface area contributed by atoms with Crippen LogP contribution in [-0.4, -0.2) is 14.7 Å². The van der Waals surface area contributed by atoms with Gasteiger partial charge in [0.2, 0.25) is 5.88 Å². The van der Waals surface area contributed by atoms with E-state index in [0.29, 0.717) is 12.5 Å². The number of benzene rings is 1. The van der Waals surface area contributed by atoms with Gasteiger partial charge >= 0.3 is 5.69 Å². The highest BCUT2D eigenvalue weighted by Gasteiger charge is 2.22. The van der Waals surface area contributed by atoms with Crippen LogP contribution < -0.4 is 11.2 Å². The summed E-state index contributed by atoms with van der Waals surface area (Å²) in [5, 5.41) is 10.3. The molecule has 1 saturated carbocycles. The third-order valence-electron chi connectivity index (χ3n) is 3.95. The van der Waals surface area contributed by atoms with E-state index in [-0.39, 0.29) is 11.1 Å². The standard InChI is InChI=1S/C15H15FN2O3/c16-11-6-2-5-10(7-11)12-13(19)17-15(21)18(14(12)20)8-9-3-1-4-9/h2,5-7,9,20H,1,3-4,8H2,(H,17,19,21). The van der Waals surface area contributed by atoms with Crippen LogP contribution in [0.15, 0.2) is 33.9 Å². The lowest BCUT2D eigenvalue weighted by molar-refractivity contribution is 0.257. The van der Waals surface area contributed by atoms with E-state index in [1.54, 1.807) is 0 Å². The van der Waals surface area contributed by atoms with Crippen LogP contribution in [0.5, 0.6) is 5.88 Å². The van der Waals surface area contributed by atoms with Crippen LogP contribution in [0.1, 0.15) is 19.3 Å². The van der Waals surface area contributed by atoms with Gasteiger partial charge in [-0.1, -0.05) is 18.6 Å². The molecule has 0 amide bonds. The average Bonchev–Trinajstić information content (AvgIpc) is 2.36. The topological polar surface area (TPSA) is 75.1 Å². The second kappa shape index (κ2) is 5.20. The quantitative estimate of drug-likeness (QED) is 0.906. The summed E-state index contributed by atoms with van der Waals surface area (Å²) in [4.78, 5) is 26.0. The molecule has 0 bridgehead atoms. The maximum Gasteiger partial charge on any atom is 0.331 e. The molecule has 5 nitrogen and oxygen atoms in total. The zero-order valence-corrected chi connectivity index (χ0v) is 11.3. The molecule has 3 rings (SSSR count). The number of hydrogen-bond acceptors (Lipinski definition) is 3. The SMILES string of the molecule is O=c1[nH]c(=O)n(CC2CCC2)c(O)c1-c1cccc(F)c1. The summed E-state index contributed by atoms with van der Waals surface area (Å²) in [5.74, 6) is -0.579. The molecule has 0 unspecified atom stereocenters. The third-order valence-corrected chi connectivity index (χ3v) is 3.95. The summed E-state index contributed by atoms with van der Waals surface area (Å²) in [6.45, 7) is 0.365. The second-order valence-electron chi connectivity index (χ2n) is 5.38. The molecular formula is C15H15FN2O3. The van der Waals surface area contributed by atoms with Crippen molar-refractivity contribution in [1.82, 2.24) is 9.55 Å². The smallest absolute Gasteiger partial charge is 0.331 e. The fourth-order valence-electron chi connectivity index (χ4n) is 2.57. The van der Waals surface area contributed by atoms with Crippen LogP contribution in [0, 0.1) is 11.7 Å². The number of rotatable bonds is 3. The fraction of sp³-hybridized carbons (Fsp3) is 0.333. The normalized spacial score (nSPS) is 14.9. The Kier molecular flexibility index (Phi) is 3.37. The van der Waals surface area contributed by atoms with Crippen LogP contribution in [0.3, 0.4) is 0 Å². The molecule has 2 N–H and O–H groups in total. The molecule has 21 heavy (non-hydrogen) atoms. The first-order valence-corrected chi connectivity index (χ1v) is 6.88. The van der Waals surface area contributed by atoms with Gasteiger partial charge in [0.1, 0.15) is 11.4 Å². The van der Waals surface area contributed by atoms with Gasteiger partial charge in [0.25, 0.3) is 5.56 Å². The predicted molar refractivity (Wildman–Crippen MR) is 75.7 cm³/mol. The van der Waals surface area contributed by atoms with E-state index in [1.165, 1.54) is 18.2 Å². The minimum Gasteiger partial charge on any atom is -0.494 e. The lowest BCUT2D eigenvalue weighted by Crippen LogP contribution is -2.34. The van der Waals surface area contributed by atoms with E-state index in [2.05, 4.69) is 4.98 Å². The molecule has 1 aliphatic rings. The first kappa shape index (κ1) is 13.6. The molecule has 1 aliphatic carbocycles. The Morgan fingerprint density at radius 2 is 2.10 bits per heavy atom. The lowest BCUT2D eigenvalue weighted by atomic mass is 9.85. The van der Waals surface area contributed by atoms with Crippen molar-refractivity contribution in [3.63, 3.8) is 0 Å². The molecule has 0 radical (unpaired) electrons. The minimum absolute atomic E-state index is 0.0755. The summed E-state index contributed by atoms with van der Waals surface area (Å²) >= 11 is 0. The maximum absolute atomic E-state index is 13.3. The highest BCUT2D eigenvalue weighted by atomic mass is 19.1. The van der Waals surface area contributed by atoms with Crippen LogP contribution in [-0.2, 0) is 6.54 Å². The number of H-pyrrole nitrogens is 1. The second-order valence-corrected chi connectivity index (χ2v) is 5.38. The predicted octanol–water partition coefficient (Wildman–Crippen LogP) is 1.85. The Labute approximate surface area is 119 Å². The van der Waals surface area contributed by atoms with Gasteiger partial charge in [-0.2, -0.15) is 0 Å². The molecule has 1 aromatic heterocycles. The summed E-state index contributed by atoms with van der Waals surface area (Å²) in [7, 11) is 0. The number of halogens is 1. The fourth-order valence-corrected chi connectivity index (χ4v) is 2.57. The van der Waals surface area contributed by atoms with Gasteiger partial charge in [0.05, 0.1) is 0 Å². The monoisotopic (exact) mass is 290 g/mol. The van der Waals surface area contributed by atoms with Gasteiger partial charge in [-0.15, -0.1) is 0 Å². The Balaban J connectivity index is 2.13. The molecule has 1 aromatic carbocycles. The number of nitrogens with one attached hydrogen (secondary N) is 1. The van der Waals surface area contributed by atoms with Gasteiger partial charge in [-0.05, 0) is 36.5 Å². The van der Waals surface area contributed by atoms with E-state index in [9.17, 15) is 19.1 Å². The lowest BCUT2D eigenvalue weighted by Gasteiger charge is -2.26. The molecule has 0 spiro atoms. The molecule has 1 heterocycles. The maximum atomic E-state index is 13.3. The zero-order valence-electron chi connectivity index (χ0n) is 11.3. The first-order chi connectivity index (χ1) is 10.1. The number of aromatic hydroxyl groups is 1. The van der Waals surface area contributed by atoms with Crippen molar-refractivity contribution in [2.75, 3.05) is 0 Å². The Morgan fingerprint density at radius 1 is 1.33 bits per heavy atom. The van der Waals surface area contributed by atoms with E-state index in [1.807, 2.05) is 0 Å². The van der Waals surface area contributed by atoms with Crippen LogP contribution >= 0.6 is 0 Å². The minimum atomic E-state index is -0.715. The highest BCUT2D eigenvalue weighted by Crippen LogP contribution is 2.30. The van der Waals surface area contributed by atoms with Crippen molar-refractivity contribution >= 4 is 0 Å². The van der Waals surface area contributed by atoms with E-state index in [4.69, 9.17) is 0 Å². The van der Waals surface area contributed by atoms with Gasteiger partial charge in [0, 0.05) is 6.54 Å². The van der Waals surface area contributed by atoms with Crippen LogP contribution in [0.25, 0.3) is 11.1 Å². The van der Waals surface area contributed by atoms with Crippen molar-refractivity contribution in [2.24, 2.45) is 5.92 Å². The zero-order chi connectivity index (χ0) is 15.0. The van der Waals surface area contributed by atoms with Crippen LogP contribution in [0.4, 0.5) is 4.39 Å². The average molecular weight is 290 g/mol. The highest BCUT2D eigenvalue weighted by molar-refractivity contribution is 5.67. The van der Waals surface area contributed by atoms with Gasteiger partial charge < -0.3 is 5.11 Å². The summed E-state index contributed by atoms with van der Waals surface area (Å²) < 4.78 is 14.5. The molecule has 110 valence electrons. The number of hydrogen-bond donors (Lipinski definition) is 2. The van der Waals surface area contributed by atoms with Crippen molar-refractivity contribution in [1.29, 1.82) is 0 Å². The van der Waals surface area contributed by atoms with Gasteiger partial charge in [0.15, 0.2) is 0 Å². The molecule has 0 atom stereocenters. The largest absolute Gasteiger partial charge is 0.494 e. The van der Waals surface area contributed by atoms with Crippen molar-refractivity contribution in [3.05, 3.63) is 50.9 Å². The van der Waals surface area contributed by atoms with Gasteiger partial charge in [-0.25, -0.2) is 9.18 Å². The van der Waals surface area contributed by atoms with E-state index >= 15 is 0 Å². The van der Waals surface area contributed by atoms with E-state index < -0.39 is 22.9 Å². The van der Waals surface area contributed by atoms with Crippen molar-refractivity contribution < 1.29 is 9.50 Å². The van der Waals surface area contributed by atoms with Crippen LogP contribution in [0.2, 0.25) is 0 Å². The number of aromatic amines is 1. The molecule has 1 fully saturated rings. The molecule has 6 heteroatoms. The molecule has 0 saturated heterocycles. The first-order valence-electron chi connectivity index (χ1n) is 6.88. The van der Waals surface area contributed by atoms with Crippen molar-refractivity contribution in [2.45, 2.75) is 25.8 Å². The Morgan fingerprint density at radius 3 is 2.71 bits per heavy atom. The molecule has 0 aliphatic heterocycles. The van der Waals surface area contributed by atoms with Gasteiger partial charge in [-0.3, -0.25) is 14.3 Å². The third kappa shape index (κ3) is 2.49. The van der Waals surface area contributed by atoms with E-state index in [0.717, 1.165) is 29.9 Å². The summed E-state index contributed by atoms with van der Waals surface area (Å²) in [6, 6.07) is 5.37.